The molecule has 6 heteroatoms. The van der Waals surface area contributed by atoms with E-state index in [-0.39, 0.29) is 11.8 Å². The predicted octanol–water partition coefficient (Wildman–Crippen LogP) is 2.24. The number of hydrogen-bond acceptors (Lipinski definition) is 4. The fraction of sp³-hybridized carbons (Fsp3) is 0.294. The number of rotatable bonds is 8. The topological polar surface area (TPSA) is 67.4 Å². The van der Waals surface area contributed by atoms with E-state index in [1.165, 1.54) is 0 Å². The molecule has 1 aromatic heterocycles. The molecule has 1 heterocycles. The SMILES string of the molecule is CCOc1ccc(C(=O)NCCNC(=O)Cc2cccs2)cc1. The van der Waals surface area contributed by atoms with Crippen molar-refractivity contribution < 1.29 is 14.3 Å². The molecule has 0 saturated carbocycles. The molecule has 1 aromatic carbocycles. The molecule has 23 heavy (non-hydrogen) atoms. The standard InChI is InChI=1S/C17H20N2O3S/c1-2-22-14-7-5-13(6-8-14)17(21)19-10-9-18-16(20)12-15-4-3-11-23-15/h3-8,11H,2,9-10,12H2,1H3,(H,18,20)(H,19,21). The van der Waals surface area contributed by atoms with Crippen molar-refractivity contribution in [2.75, 3.05) is 19.7 Å². The zero-order valence-electron chi connectivity index (χ0n) is 13.0. The fourth-order valence-electron chi connectivity index (χ4n) is 1.98. The first-order valence-electron chi connectivity index (χ1n) is 7.49. The van der Waals surface area contributed by atoms with Crippen molar-refractivity contribution in [3.05, 3.63) is 52.2 Å². The maximum atomic E-state index is 12.0. The maximum Gasteiger partial charge on any atom is 0.251 e. The fourth-order valence-corrected chi connectivity index (χ4v) is 2.69. The zero-order chi connectivity index (χ0) is 16.5. The second-order valence-corrected chi connectivity index (χ2v) is 5.85. The van der Waals surface area contributed by atoms with Crippen LogP contribution in [0.2, 0.25) is 0 Å². The summed E-state index contributed by atoms with van der Waals surface area (Å²) in [6, 6.07) is 10.8. The van der Waals surface area contributed by atoms with Crippen LogP contribution in [0.15, 0.2) is 41.8 Å². The number of thiophene rings is 1. The Morgan fingerprint density at radius 2 is 1.83 bits per heavy atom. The molecule has 0 spiro atoms. The summed E-state index contributed by atoms with van der Waals surface area (Å²) in [5.41, 5.74) is 0.568. The van der Waals surface area contributed by atoms with Crippen molar-refractivity contribution in [1.82, 2.24) is 10.6 Å². The van der Waals surface area contributed by atoms with Gasteiger partial charge in [0.1, 0.15) is 5.75 Å². The predicted molar refractivity (Wildman–Crippen MR) is 91.0 cm³/mol. The second-order valence-electron chi connectivity index (χ2n) is 4.82. The van der Waals surface area contributed by atoms with Gasteiger partial charge < -0.3 is 15.4 Å². The molecule has 0 aliphatic rings. The van der Waals surface area contributed by atoms with Crippen LogP contribution >= 0.6 is 11.3 Å². The van der Waals surface area contributed by atoms with Crippen molar-refractivity contribution in [3.63, 3.8) is 0 Å². The minimum absolute atomic E-state index is 0.0391. The Hall–Kier alpha value is -2.34. The Kier molecular flexibility index (Phi) is 6.62. The molecule has 0 aliphatic carbocycles. The van der Waals surface area contributed by atoms with E-state index in [1.54, 1.807) is 35.6 Å². The van der Waals surface area contributed by atoms with Gasteiger partial charge in [0.15, 0.2) is 0 Å². The lowest BCUT2D eigenvalue weighted by molar-refractivity contribution is -0.120. The molecule has 0 saturated heterocycles. The van der Waals surface area contributed by atoms with Gasteiger partial charge in [-0.25, -0.2) is 0 Å². The Balaban J connectivity index is 1.67. The molecule has 0 atom stereocenters. The van der Waals surface area contributed by atoms with Gasteiger partial charge in [-0.1, -0.05) is 6.07 Å². The van der Waals surface area contributed by atoms with Gasteiger partial charge in [-0.05, 0) is 42.6 Å². The average Bonchev–Trinajstić information content (AvgIpc) is 3.05. The molecule has 5 nitrogen and oxygen atoms in total. The molecule has 2 N–H and O–H groups in total. The summed E-state index contributed by atoms with van der Waals surface area (Å²) in [5.74, 6) is 0.535. The van der Waals surface area contributed by atoms with E-state index in [4.69, 9.17) is 4.74 Å². The van der Waals surface area contributed by atoms with Crippen LogP contribution in [0.3, 0.4) is 0 Å². The van der Waals surface area contributed by atoms with E-state index in [0.717, 1.165) is 10.6 Å². The van der Waals surface area contributed by atoms with Crippen LogP contribution in [0.1, 0.15) is 22.2 Å². The van der Waals surface area contributed by atoms with Crippen LogP contribution in [0, 0.1) is 0 Å². The quantitative estimate of drug-likeness (QED) is 0.729. The number of ether oxygens (including phenoxy) is 1. The normalized spacial score (nSPS) is 10.1. The first-order chi connectivity index (χ1) is 11.2. The monoisotopic (exact) mass is 332 g/mol. The van der Waals surface area contributed by atoms with E-state index >= 15 is 0 Å². The van der Waals surface area contributed by atoms with Gasteiger partial charge in [0, 0.05) is 23.5 Å². The van der Waals surface area contributed by atoms with Crippen molar-refractivity contribution in [3.8, 4) is 5.75 Å². The second kappa shape index (κ2) is 8.95. The van der Waals surface area contributed by atoms with Crippen molar-refractivity contribution in [1.29, 1.82) is 0 Å². The summed E-state index contributed by atoms with van der Waals surface area (Å²) in [6.07, 6.45) is 0.379. The Labute approximate surface area is 139 Å². The minimum Gasteiger partial charge on any atom is -0.494 e. The summed E-state index contributed by atoms with van der Waals surface area (Å²) in [6.45, 7) is 3.30. The first kappa shape index (κ1) is 17.0. The highest BCUT2D eigenvalue weighted by molar-refractivity contribution is 7.10. The van der Waals surface area contributed by atoms with Gasteiger partial charge in [-0.15, -0.1) is 11.3 Å². The first-order valence-corrected chi connectivity index (χ1v) is 8.37. The van der Waals surface area contributed by atoms with E-state index < -0.39 is 0 Å². The lowest BCUT2D eigenvalue weighted by Gasteiger charge is -2.08. The number of benzene rings is 1. The summed E-state index contributed by atoms with van der Waals surface area (Å²) in [4.78, 5) is 24.7. The molecule has 0 unspecified atom stereocenters. The number of carbonyl (C=O) groups is 2. The third-order valence-electron chi connectivity index (χ3n) is 3.08. The Morgan fingerprint density at radius 3 is 2.48 bits per heavy atom. The van der Waals surface area contributed by atoms with Crippen LogP contribution in [-0.2, 0) is 11.2 Å². The molecule has 0 bridgehead atoms. The third kappa shape index (κ3) is 5.75. The molecule has 0 radical (unpaired) electrons. The minimum atomic E-state index is -0.166. The van der Waals surface area contributed by atoms with Gasteiger partial charge in [-0.2, -0.15) is 0 Å². The van der Waals surface area contributed by atoms with Crippen LogP contribution in [0.25, 0.3) is 0 Å². The molecule has 0 fully saturated rings. The molecular weight excluding hydrogens is 312 g/mol. The summed E-state index contributed by atoms with van der Waals surface area (Å²) < 4.78 is 5.33. The van der Waals surface area contributed by atoms with Crippen LogP contribution in [-0.4, -0.2) is 31.5 Å². The van der Waals surface area contributed by atoms with E-state index in [2.05, 4.69) is 10.6 Å². The summed E-state index contributed by atoms with van der Waals surface area (Å²) in [5, 5.41) is 7.50. The van der Waals surface area contributed by atoms with Gasteiger partial charge in [0.2, 0.25) is 5.91 Å². The highest BCUT2D eigenvalue weighted by atomic mass is 32.1. The number of carbonyl (C=O) groups excluding carboxylic acids is 2. The molecule has 2 amide bonds. The number of nitrogens with one attached hydrogen (secondary N) is 2. The van der Waals surface area contributed by atoms with Crippen LogP contribution in [0.5, 0.6) is 5.75 Å². The Morgan fingerprint density at radius 1 is 1.09 bits per heavy atom. The molecule has 2 rings (SSSR count). The van der Waals surface area contributed by atoms with Crippen molar-refractivity contribution >= 4 is 23.2 Å². The van der Waals surface area contributed by atoms with Crippen LogP contribution in [0.4, 0.5) is 0 Å². The third-order valence-corrected chi connectivity index (χ3v) is 3.95. The van der Waals surface area contributed by atoms with Crippen molar-refractivity contribution in [2.45, 2.75) is 13.3 Å². The lowest BCUT2D eigenvalue weighted by atomic mass is 10.2. The molecule has 122 valence electrons. The molecular formula is C17H20N2O3S. The van der Waals surface area contributed by atoms with E-state index in [1.807, 2.05) is 24.4 Å². The highest BCUT2D eigenvalue weighted by Gasteiger charge is 2.06. The lowest BCUT2D eigenvalue weighted by Crippen LogP contribution is -2.35. The van der Waals surface area contributed by atoms with Gasteiger partial charge in [0.25, 0.3) is 5.91 Å². The molecule has 2 aromatic rings. The Bertz CT molecular complexity index is 624. The van der Waals surface area contributed by atoms with Crippen LogP contribution < -0.4 is 15.4 Å². The summed E-state index contributed by atoms with van der Waals surface area (Å²) >= 11 is 1.56. The smallest absolute Gasteiger partial charge is 0.251 e. The van der Waals surface area contributed by atoms with Gasteiger partial charge in [-0.3, -0.25) is 9.59 Å². The number of amides is 2. The maximum absolute atomic E-state index is 12.0. The number of hydrogen-bond donors (Lipinski definition) is 2. The average molecular weight is 332 g/mol. The summed E-state index contributed by atoms with van der Waals surface area (Å²) in [7, 11) is 0. The molecule has 0 aliphatic heterocycles. The zero-order valence-corrected chi connectivity index (χ0v) is 13.8. The largest absolute Gasteiger partial charge is 0.494 e. The highest BCUT2D eigenvalue weighted by Crippen LogP contribution is 2.12. The van der Waals surface area contributed by atoms with Gasteiger partial charge in [0.05, 0.1) is 13.0 Å². The van der Waals surface area contributed by atoms with Gasteiger partial charge >= 0.3 is 0 Å². The van der Waals surface area contributed by atoms with E-state index in [0.29, 0.717) is 31.7 Å². The van der Waals surface area contributed by atoms with Crippen molar-refractivity contribution in [2.24, 2.45) is 0 Å². The van der Waals surface area contributed by atoms with E-state index in [9.17, 15) is 9.59 Å².